The van der Waals surface area contributed by atoms with Gasteiger partial charge in [0.2, 0.25) is 0 Å². The molecule has 230 valence electrons. The van der Waals surface area contributed by atoms with E-state index in [0.29, 0.717) is 5.57 Å². The fourth-order valence-corrected chi connectivity index (χ4v) is 6.13. The Labute approximate surface area is 275 Å². The first kappa shape index (κ1) is 30.8. The Morgan fingerprint density at radius 3 is 2.38 bits per heavy atom. The molecule has 5 N–H and O–H groups in total. The first-order valence-corrected chi connectivity index (χ1v) is 15.6. The summed E-state index contributed by atoms with van der Waals surface area (Å²) < 4.78 is 2.34. The standard InChI is InChI=1S/C42H37N5/c1-3-31(20-21-43)29(2)23-36(27-45)32-14-17-38-34(24-32)16-19-40-39-18-15-33(35(26-44)11-7-9-30-10-8-22-46-28-30)25-41(39)47(42(38)40)37-12-5-4-6-13-37/h3-8,10-21,23-28,43,45-46H,1-2,9,22,44H2/b11-7-,31-20+,35-26+,36-23+,43-21?,45-27?. The second kappa shape index (κ2) is 13.8. The largest absolute Gasteiger partial charge is 0.404 e. The molecule has 2 heterocycles. The zero-order valence-electron chi connectivity index (χ0n) is 26.2. The van der Waals surface area contributed by atoms with Gasteiger partial charge in [-0.3, -0.25) is 0 Å². The number of dihydropyridines is 1. The molecule has 47 heavy (non-hydrogen) atoms. The highest BCUT2D eigenvalue weighted by atomic mass is 15.0. The van der Waals surface area contributed by atoms with Crippen LogP contribution in [0.4, 0.5) is 0 Å². The first-order valence-electron chi connectivity index (χ1n) is 15.6. The van der Waals surface area contributed by atoms with E-state index in [0.717, 1.165) is 79.1 Å². The molecule has 0 spiro atoms. The predicted octanol–water partition coefficient (Wildman–Crippen LogP) is 9.58. The molecule has 0 bridgehead atoms. The van der Waals surface area contributed by atoms with Crippen molar-refractivity contribution in [2.45, 2.75) is 6.42 Å². The van der Waals surface area contributed by atoms with Crippen LogP contribution in [0.1, 0.15) is 17.5 Å². The Bertz CT molecular complexity index is 2230. The van der Waals surface area contributed by atoms with Crippen molar-refractivity contribution in [3.63, 3.8) is 0 Å². The van der Waals surface area contributed by atoms with E-state index in [4.69, 9.17) is 16.6 Å². The molecule has 5 nitrogen and oxygen atoms in total. The highest BCUT2D eigenvalue weighted by Gasteiger charge is 2.17. The lowest BCUT2D eigenvalue weighted by Crippen LogP contribution is -2.08. The second-order valence-electron chi connectivity index (χ2n) is 11.3. The Hall–Kier alpha value is -6.20. The van der Waals surface area contributed by atoms with Gasteiger partial charge in [-0.2, -0.15) is 0 Å². The maximum Gasteiger partial charge on any atom is 0.0619 e. The molecule has 0 amide bonds. The highest BCUT2D eigenvalue weighted by Crippen LogP contribution is 2.38. The van der Waals surface area contributed by atoms with E-state index in [2.05, 4.69) is 126 Å². The van der Waals surface area contributed by atoms with Crippen molar-refractivity contribution in [1.82, 2.24) is 9.88 Å². The summed E-state index contributed by atoms with van der Waals surface area (Å²) in [5, 5.41) is 23.4. The van der Waals surface area contributed by atoms with Gasteiger partial charge in [0, 0.05) is 53.2 Å². The normalized spacial score (nSPS) is 14.0. The molecule has 1 aliphatic rings. The maximum atomic E-state index is 8.16. The number of rotatable bonds is 11. The summed E-state index contributed by atoms with van der Waals surface area (Å²) in [6.45, 7) is 8.85. The third-order valence-corrected chi connectivity index (χ3v) is 8.45. The molecule has 0 saturated heterocycles. The van der Waals surface area contributed by atoms with Crippen LogP contribution in [0.5, 0.6) is 0 Å². The van der Waals surface area contributed by atoms with E-state index in [9.17, 15) is 0 Å². The van der Waals surface area contributed by atoms with Gasteiger partial charge < -0.3 is 26.4 Å². The smallest absolute Gasteiger partial charge is 0.0619 e. The molecule has 0 unspecified atom stereocenters. The summed E-state index contributed by atoms with van der Waals surface area (Å²) in [6, 6.07) is 27.7. The lowest BCUT2D eigenvalue weighted by Gasteiger charge is -2.12. The Morgan fingerprint density at radius 2 is 1.68 bits per heavy atom. The van der Waals surface area contributed by atoms with Gasteiger partial charge in [-0.1, -0.05) is 98.1 Å². The minimum atomic E-state index is 0.693. The Kier molecular flexibility index (Phi) is 9.07. The van der Waals surface area contributed by atoms with Crippen molar-refractivity contribution in [1.29, 1.82) is 10.8 Å². The number of nitrogens with zero attached hydrogens (tertiary/aromatic N) is 1. The van der Waals surface area contributed by atoms with Crippen LogP contribution in [0.25, 0.3) is 49.4 Å². The number of para-hydroxylation sites is 1. The Morgan fingerprint density at radius 1 is 0.915 bits per heavy atom. The zero-order valence-corrected chi connectivity index (χ0v) is 26.2. The predicted molar refractivity (Wildman–Crippen MR) is 202 cm³/mol. The molecule has 0 aliphatic carbocycles. The number of benzene rings is 4. The Balaban J connectivity index is 1.49. The summed E-state index contributed by atoms with van der Waals surface area (Å²) in [5.41, 5.74) is 15.8. The molecular weight excluding hydrogens is 574 g/mol. The molecule has 0 radical (unpaired) electrons. The van der Waals surface area contributed by atoms with Crippen LogP contribution in [0.15, 0.2) is 164 Å². The van der Waals surface area contributed by atoms with Crippen LogP contribution in [0.3, 0.4) is 0 Å². The number of allylic oxidation sites excluding steroid dienone is 11. The van der Waals surface area contributed by atoms with Gasteiger partial charge in [-0.05, 0) is 87.2 Å². The summed E-state index contributed by atoms with van der Waals surface area (Å²) in [7, 11) is 0. The lowest BCUT2D eigenvalue weighted by atomic mass is 9.97. The van der Waals surface area contributed by atoms with Crippen LogP contribution >= 0.6 is 0 Å². The number of hydrogen-bond donors (Lipinski definition) is 4. The van der Waals surface area contributed by atoms with Crippen molar-refractivity contribution >= 4 is 56.2 Å². The minimum absolute atomic E-state index is 0.693. The summed E-state index contributed by atoms with van der Waals surface area (Å²) in [6.07, 6.45) is 20.8. The SMILES string of the molecule is C=C/C(=C\C=N)C(=C)/C=C(\C=N)c1ccc2c(ccc3c4ccc(C(/C=C\CC5=CNCC=C5)=C/N)cc4n(-c4ccccc4)c23)c1. The summed E-state index contributed by atoms with van der Waals surface area (Å²) >= 11 is 0. The molecule has 6 rings (SSSR count). The lowest BCUT2D eigenvalue weighted by molar-refractivity contribution is 0.944. The van der Waals surface area contributed by atoms with Gasteiger partial charge >= 0.3 is 0 Å². The average Bonchev–Trinajstić information content (AvgIpc) is 3.46. The number of aromatic nitrogens is 1. The third-order valence-electron chi connectivity index (χ3n) is 8.45. The quantitative estimate of drug-likeness (QED) is 0.0885. The molecule has 0 saturated carbocycles. The number of nitrogens with one attached hydrogen (secondary N) is 3. The van der Waals surface area contributed by atoms with Gasteiger partial charge in [0.1, 0.15) is 0 Å². The summed E-state index contributed by atoms with van der Waals surface area (Å²) in [5.74, 6) is 0. The topological polar surface area (TPSA) is 90.7 Å². The van der Waals surface area contributed by atoms with Gasteiger partial charge in [0.05, 0.1) is 11.0 Å². The molecule has 5 heteroatoms. The molecular formula is C42H37N5. The third kappa shape index (κ3) is 6.20. The van der Waals surface area contributed by atoms with Gasteiger partial charge in [-0.15, -0.1) is 0 Å². The van der Waals surface area contributed by atoms with E-state index in [1.807, 2.05) is 12.1 Å². The van der Waals surface area contributed by atoms with Crippen molar-refractivity contribution in [3.05, 3.63) is 175 Å². The monoisotopic (exact) mass is 611 g/mol. The molecule has 1 aromatic heterocycles. The number of fused-ring (bicyclic) bond motifs is 5. The van der Waals surface area contributed by atoms with Crippen LogP contribution in [-0.2, 0) is 0 Å². The van der Waals surface area contributed by atoms with E-state index < -0.39 is 0 Å². The van der Waals surface area contributed by atoms with E-state index in [1.54, 1.807) is 18.4 Å². The fraction of sp³-hybridized carbons (Fsp3) is 0.0476. The van der Waals surface area contributed by atoms with Gasteiger partial charge in [-0.25, -0.2) is 0 Å². The number of hydrogen-bond acceptors (Lipinski definition) is 4. The van der Waals surface area contributed by atoms with Crippen LogP contribution in [0.2, 0.25) is 0 Å². The van der Waals surface area contributed by atoms with Gasteiger partial charge in [0.15, 0.2) is 0 Å². The fourth-order valence-electron chi connectivity index (χ4n) is 6.13. The van der Waals surface area contributed by atoms with E-state index >= 15 is 0 Å². The minimum Gasteiger partial charge on any atom is -0.404 e. The molecule has 1 aliphatic heterocycles. The number of nitrogens with two attached hydrogens (primary N) is 1. The van der Waals surface area contributed by atoms with Crippen LogP contribution in [-0.4, -0.2) is 23.5 Å². The van der Waals surface area contributed by atoms with Crippen molar-refractivity contribution in [2.24, 2.45) is 5.73 Å². The van der Waals surface area contributed by atoms with Crippen molar-refractivity contribution in [2.75, 3.05) is 6.54 Å². The van der Waals surface area contributed by atoms with Crippen LogP contribution in [0, 0.1) is 10.8 Å². The molecule has 0 atom stereocenters. The van der Waals surface area contributed by atoms with Gasteiger partial charge in [0.25, 0.3) is 0 Å². The second-order valence-corrected chi connectivity index (χ2v) is 11.3. The average molecular weight is 612 g/mol. The highest BCUT2D eigenvalue weighted by molar-refractivity contribution is 6.20. The molecule has 0 fully saturated rings. The first-order chi connectivity index (χ1) is 23.1. The van der Waals surface area contributed by atoms with Crippen molar-refractivity contribution < 1.29 is 0 Å². The zero-order chi connectivity index (χ0) is 32.8. The van der Waals surface area contributed by atoms with Crippen molar-refractivity contribution in [3.8, 4) is 5.69 Å². The van der Waals surface area contributed by atoms with Crippen LogP contribution < -0.4 is 11.1 Å². The molecule has 4 aromatic carbocycles. The maximum absolute atomic E-state index is 8.16. The van der Waals surface area contributed by atoms with E-state index in [-0.39, 0.29) is 0 Å². The van der Waals surface area contributed by atoms with E-state index in [1.165, 1.54) is 18.0 Å². The molecule has 5 aromatic rings. The summed E-state index contributed by atoms with van der Waals surface area (Å²) in [4.78, 5) is 0.